The molecule has 0 fully saturated rings. The quantitative estimate of drug-likeness (QED) is 0.894. The minimum atomic E-state index is -0.325. The fourth-order valence-corrected chi connectivity index (χ4v) is 1.92. The van der Waals surface area contributed by atoms with Crippen LogP contribution >= 0.6 is 11.6 Å². The van der Waals surface area contributed by atoms with Gasteiger partial charge in [0.1, 0.15) is 5.82 Å². The summed E-state index contributed by atoms with van der Waals surface area (Å²) in [6.07, 6.45) is 0. The minimum Gasteiger partial charge on any atom is -0.326 e. The summed E-state index contributed by atoms with van der Waals surface area (Å²) in [6.45, 7) is 3.78. The first-order chi connectivity index (χ1) is 8.06. The summed E-state index contributed by atoms with van der Waals surface area (Å²) in [5.74, 6) is -0.325. The van der Waals surface area contributed by atoms with E-state index in [9.17, 15) is 4.39 Å². The van der Waals surface area contributed by atoms with E-state index in [0.717, 1.165) is 11.4 Å². The molecule has 0 amide bonds. The Hall–Kier alpha value is -1.39. The van der Waals surface area contributed by atoms with Crippen LogP contribution in [0.15, 0.2) is 18.2 Å². The first-order valence-electron chi connectivity index (χ1n) is 5.25. The van der Waals surface area contributed by atoms with Crippen molar-refractivity contribution in [1.29, 1.82) is 0 Å². The maximum atomic E-state index is 13.6. The Balaban J connectivity index is 2.68. The van der Waals surface area contributed by atoms with Gasteiger partial charge >= 0.3 is 0 Å². The zero-order valence-corrected chi connectivity index (χ0v) is 10.4. The molecule has 5 heteroatoms. The van der Waals surface area contributed by atoms with E-state index in [-0.39, 0.29) is 12.4 Å². The summed E-state index contributed by atoms with van der Waals surface area (Å²) >= 11 is 6.08. The smallest absolute Gasteiger partial charge is 0.129 e. The molecule has 2 rings (SSSR count). The molecular formula is C12H13ClFN3. The third kappa shape index (κ3) is 1.94. The molecule has 0 spiro atoms. The van der Waals surface area contributed by atoms with Crippen LogP contribution in [0.4, 0.5) is 4.39 Å². The molecule has 3 nitrogen and oxygen atoms in total. The number of aryl methyl sites for hydroxylation is 1. The average molecular weight is 254 g/mol. The van der Waals surface area contributed by atoms with Crippen LogP contribution in [0.3, 0.4) is 0 Å². The Morgan fingerprint density at radius 3 is 2.65 bits per heavy atom. The Morgan fingerprint density at radius 1 is 1.41 bits per heavy atom. The van der Waals surface area contributed by atoms with E-state index >= 15 is 0 Å². The molecule has 0 aliphatic heterocycles. The molecule has 0 radical (unpaired) electrons. The maximum Gasteiger partial charge on any atom is 0.129 e. The molecule has 0 saturated carbocycles. The molecule has 1 aromatic heterocycles. The second kappa shape index (κ2) is 4.47. The van der Waals surface area contributed by atoms with Crippen LogP contribution in [0.2, 0.25) is 5.02 Å². The third-order valence-corrected chi connectivity index (χ3v) is 3.28. The lowest BCUT2D eigenvalue weighted by molar-refractivity contribution is 0.606. The van der Waals surface area contributed by atoms with E-state index in [1.165, 1.54) is 6.07 Å². The molecule has 0 aliphatic carbocycles. The predicted octanol–water partition coefficient (Wildman–Crippen LogP) is 2.74. The molecule has 90 valence electrons. The van der Waals surface area contributed by atoms with Crippen LogP contribution in [0.5, 0.6) is 0 Å². The predicted molar refractivity (Wildman–Crippen MR) is 65.9 cm³/mol. The number of halogens is 2. The molecule has 0 aliphatic rings. The van der Waals surface area contributed by atoms with Crippen molar-refractivity contribution in [1.82, 2.24) is 9.78 Å². The normalized spacial score (nSPS) is 10.9. The first kappa shape index (κ1) is 12.1. The highest BCUT2D eigenvalue weighted by molar-refractivity contribution is 6.31. The number of hydrogen-bond acceptors (Lipinski definition) is 2. The highest BCUT2D eigenvalue weighted by Gasteiger charge is 2.14. The monoisotopic (exact) mass is 253 g/mol. The molecule has 17 heavy (non-hydrogen) atoms. The minimum absolute atomic E-state index is 0.123. The van der Waals surface area contributed by atoms with Gasteiger partial charge < -0.3 is 5.73 Å². The number of hydrogen-bond donors (Lipinski definition) is 1. The lowest BCUT2D eigenvalue weighted by atomic mass is 10.1. The van der Waals surface area contributed by atoms with E-state index in [1.807, 2.05) is 13.8 Å². The summed E-state index contributed by atoms with van der Waals surface area (Å²) in [6, 6.07) is 4.80. The van der Waals surface area contributed by atoms with E-state index in [1.54, 1.807) is 16.8 Å². The van der Waals surface area contributed by atoms with Gasteiger partial charge in [0, 0.05) is 12.1 Å². The average Bonchev–Trinajstić information content (AvgIpc) is 2.56. The van der Waals surface area contributed by atoms with Crippen LogP contribution < -0.4 is 5.73 Å². The van der Waals surface area contributed by atoms with Gasteiger partial charge in [0.05, 0.1) is 22.1 Å². The third-order valence-electron chi connectivity index (χ3n) is 2.73. The Morgan fingerprint density at radius 2 is 2.12 bits per heavy atom. The molecule has 0 bridgehead atoms. The van der Waals surface area contributed by atoms with Crippen molar-refractivity contribution in [3.05, 3.63) is 46.0 Å². The summed E-state index contributed by atoms with van der Waals surface area (Å²) in [5, 5.41) is 4.89. The van der Waals surface area contributed by atoms with Crippen LogP contribution in [-0.2, 0) is 6.54 Å². The van der Waals surface area contributed by atoms with Crippen LogP contribution in [0.1, 0.15) is 17.0 Å². The van der Waals surface area contributed by atoms with Gasteiger partial charge in [-0.1, -0.05) is 17.7 Å². The van der Waals surface area contributed by atoms with Crippen molar-refractivity contribution in [2.45, 2.75) is 20.4 Å². The van der Waals surface area contributed by atoms with Gasteiger partial charge in [-0.25, -0.2) is 9.07 Å². The summed E-state index contributed by atoms with van der Waals surface area (Å²) in [4.78, 5) is 0. The highest BCUT2D eigenvalue weighted by Crippen LogP contribution is 2.25. The second-order valence-corrected chi connectivity index (χ2v) is 4.22. The Kier molecular flexibility index (Phi) is 3.17. The standard InChI is InChI=1S/C12H13ClFN3/c1-7-12(13)8(2)17(16-7)11-5-3-4-10(14)9(11)6-15/h3-5H,6,15H2,1-2H3. The fraction of sp³-hybridized carbons (Fsp3) is 0.250. The van der Waals surface area contributed by atoms with Crippen LogP contribution in [-0.4, -0.2) is 9.78 Å². The van der Waals surface area contributed by atoms with Gasteiger partial charge in [-0.2, -0.15) is 5.10 Å². The molecule has 0 saturated heterocycles. The number of aromatic nitrogens is 2. The largest absolute Gasteiger partial charge is 0.326 e. The van der Waals surface area contributed by atoms with Gasteiger partial charge in [-0.3, -0.25) is 0 Å². The maximum absolute atomic E-state index is 13.6. The van der Waals surface area contributed by atoms with Crippen molar-refractivity contribution in [2.24, 2.45) is 5.73 Å². The molecule has 0 atom stereocenters. The molecule has 1 aromatic carbocycles. The lowest BCUT2D eigenvalue weighted by Gasteiger charge is -2.10. The highest BCUT2D eigenvalue weighted by atomic mass is 35.5. The van der Waals surface area contributed by atoms with Crippen LogP contribution in [0.25, 0.3) is 5.69 Å². The second-order valence-electron chi connectivity index (χ2n) is 3.84. The summed E-state index contributed by atoms with van der Waals surface area (Å²) in [5.41, 5.74) is 8.15. The SMILES string of the molecule is Cc1nn(-c2cccc(F)c2CN)c(C)c1Cl. The molecule has 0 unspecified atom stereocenters. The van der Waals surface area contributed by atoms with Gasteiger partial charge in [0.25, 0.3) is 0 Å². The number of nitrogens with two attached hydrogens (primary N) is 1. The Bertz CT molecular complexity index is 563. The first-order valence-corrected chi connectivity index (χ1v) is 5.63. The van der Waals surface area contributed by atoms with Gasteiger partial charge in [-0.15, -0.1) is 0 Å². The van der Waals surface area contributed by atoms with E-state index in [0.29, 0.717) is 16.3 Å². The van der Waals surface area contributed by atoms with Crippen molar-refractivity contribution < 1.29 is 4.39 Å². The number of benzene rings is 1. The molecule has 2 aromatic rings. The van der Waals surface area contributed by atoms with Crippen molar-refractivity contribution >= 4 is 11.6 Å². The Labute approximate surface area is 104 Å². The van der Waals surface area contributed by atoms with Gasteiger partial charge in [-0.05, 0) is 26.0 Å². The zero-order chi connectivity index (χ0) is 12.6. The van der Waals surface area contributed by atoms with Gasteiger partial charge in [0.2, 0.25) is 0 Å². The number of rotatable bonds is 2. The fourth-order valence-electron chi connectivity index (χ4n) is 1.81. The lowest BCUT2D eigenvalue weighted by Crippen LogP contribution is -2.09. The van der Waals surface area contributed by atoms with Crippen molar-refractivity contribution in [3.8, 4) is 5.69 Å². The summed E-state index contributed by atoms with van der Waals surface area (Å²) in [7, 11) is 0. The van der Waals surface area contributed by atoms with E-state index < -0.39 is 0 Å². The molecule has 1 heterocycles. The number of nitrogens with zero attached hydrogens (tertiary/aromatic N) is 2. The summed E-state index contributed by atoms with van der Waals surface area (Å²) < 4.78 is 15.2. The zero-order valence-electron chi connectivity index (χ0n) is 9.67. The van der Waals surface area contributed by atoms with Crippen molar-refractivity contribution in [2.75, 3.05) is 0 Å². The van der Waals surface area contributed by atoms with E-state index in [4.69, 9.17) is 17.3 Å². The topological polar surface area (TPSA) is 43.8 Å². The molecular weight excluding hydrogens is 241 g/mol. The molecule has 2 N–H and O–H groups in total. The van der Waals surface area contributed by atoms with Gasteiger partial charge in [0.15, 0.2) is 0 Å². The van der Waals surface area contributed by atoms with Crippen molar-refractivity contribution in [3.63, 3.8) is 0 Å². The van der Waals surface area contributed by atoms with Crippen LogP contribution in [0, 0.1) is 19.7 Å². The van der Waals surface area contributed by atoms with E-state index in [2.05, 4.69) is 5.10 Å².